The van der Waals surface area contributed by atoms with E-state index < -0.39 is 0 Å². The lowest BCUT2D eigenvalue weighted by Gasteiger charge is -2.22. The van der Waals surface area contributed by atoms with Crippen molar-refractivity contribution < 1.29 is 4.79 Å². The fourth-order valence-electron chi connectivity index (χ4n) is 1.52. The van der Waals surface area contributed by atoms with Crippen LogP contribution in [0.5, 0.6) is 0 Å². The van der Waals surface area contributed by atoms with Crippen LogP contribution in [0.3, 0.4) is 0 Å². The van der Waals surface area contributed by atoms with E-state index in [9.17, 15) is 9.59 Å². The van der Waals surface area contributed by atoms with Crippen molar-refractivity contribution in [3.05, 3.63) is 34.2 Å². The van der Waals surface area contributed by atoms with Gasteiger partial charge in [-0.25, -0.2) is 0 Å². The maximum absolute atomic E-state index is 12.0. The molecule has 1 rings (SSSR count). The van der Waals surface area contributed by atoms with E-state index in [2.05, 4.69) is 18.8 Å². The van der Waals surface area contributed by atoms with Crippen molar-refractivity contribution in [2.24, 2.45) is 5.92 Å². The molecule has 16 heavy (non-hydrogen) atoms. The zero-order valence-corrected chi connectivity index (χ0v) is 9.99. The van der Waals surface area contributed by atoms with Crippen molar-refractivity contribution in [1.82, 2.24) is 9.88 Å². The number of rotatable bonds is 4. The lowest BCUT2D eigenvalue weighted by Crippen LogP contribution is -2.34. The summed E-state index contributed by atoms with van der Waals surface area (Å²) >= 11 is 0. The van der Waals surface area contributed by atoms with E-state index in [0.29, 0.717) is 18.0 Å². The molecule has 0 saturated heterocycles. The minimum absolute atomic E-state index is 0.0348. The topological polar surface area (TPSA) is 53.2 Å². The van der Waals surface area contributed by atoms with Gasteiger partial charge in [0.25, 0.3) is 5.91 Å². The van der Waals surface area contributed by atoms with Gasteiger partial charge in [0.2, 0.25) is 5.56 Å². The molecule has 0 bridgehead atoms. The number of aromatic nitrogens is 1. The summed E-state index contributed by atoms with van der Waals surface area (Å²) in [5.74, 6) is 0.402. The first kappa shape index (κ1) is 12.5. The Hall–Kier alpha value is -1.58. The van der Waals surface area contributed by atoms with Crippen molar-refractivity contribution in [3.8, 4) is 0 Å². The van der Waals surface area contributed by atoms with Crippen LogP contribution in [0.25, 0.3) is 0 Å². The van der Waals surface area contributed by atoms with Gasteiger partial charge in [-0.2, -0.15) is 0 Å². The summed E-state index contributed by atoms with van der Waals surface area (Å²) in [5, 5.41) is 0. The maximum atomic E-state index is 12.0. The van der Waals surface area contributed by atoms with Crippen LogP contribution < -0.4 is 5.56 Å². The van der Waals surface area contributed by atoms with Gasteiger partial charge in [0.1, 0.15) is 0 Å². The van der Waals surface area contributed by atoms with Gasteiger partial charge in [-0.15, -0.1) is 0 Å². The third-order valence-corrected chi connectivity index (χ3v) is 2.29. The van der Waals surface area contributed by atoms with E-state index in [1.165, 1.54) is 12.3 Å². The number of H-pyrrole nitrogens is 1. The van der Waals surface area contributed by atoms with Crippen LogP contribution >= 0.6 is 0 Å². The monoisotopic (exact) mass is 222 g/mol. The summed E-state index contributed by atoms with van der Waals surface area (Å²) in [5.41, 5.74) is 0.338. The highest BCUT2D eigenvalue weighted by Crippen LogP contribution is 2.05. The largest absolute Gasteiger partial charge is 0.339 e. The van der Waals surface area contributed by atoms with Gasteiger partial charge < -0.3 is 9.88 Å². The number of carbonyl (C=O) groups is 1. The molecule has 0 aliphatic carbocycles. The third kappa shape index (κ3) is 3.22. The lowest BCUT2D eigenvalue weighted by atomic mass is 10.2. The highest BCUT2D eigenvalue weighted by Gasteiger charge is 2.14. The summed E-state index contributed by atoms with van der Waals surface area (Å²) in [6.45, 7) is 7.50. The molecule has 0 aliphatic heterocycles. The smallest absolute Gasteiger partial charge is 0.255 e. The van der Waals surface area contributed by atoms with E-state index in [1.54, 1.807) is 11.0 Å². The molecule has 4 nitrogen and oxygen atoms in total. The van der Waals surface area contributed by atoms with E-state index >= 15 is 0 Å². The Labute approximate surface area is 95.3 Å². The molecule has 1 N–H and O–H groups in total. The van der Waals surface area contributed by atoms with Gasteiger partial charge in [-0.1, -0.05) is 13.8 Å². The first-order valence-electron chi connectivity index (χ1n) is 5.52. The molecular weight excluding hydrogens is 204 g/mol. The van der Waals surface area contributed by atoms with Crippen molar-refractivity contribution in [2.45, 2.75) is 20.8 Å². The second-order valence-electron chi connectivity index (χ2n) is 4.18. The predicted octanol–water partition coefficient (Wildman–Crippen LogP) is 1.49. The minimum atomic E-state index is -0.191. The molecule has 0 saturated carbocycles. The molecule has 0 spiro atoms. The van der Waals surface area contributed by atoms with Crippen molar-refractivity contribution in [1.29, 1.82) is 0 Å². The van der Waals surface area contributed by atoms with Crippen molar-refractivity contribution in [2.75, 3.05) is 13.1 Å². The first-order valence-corrected chi connectivity index (χ1v) is 5.52. The standard InChI is InChI=1S/C12H18N2O2/c1-4-14(8-9(2)3)12(16)10-5-6-11(15)13-7-10/h5-7,9H,4,8H2,1-3H3,(H,13,15). The normalized spacial score (nSPS) is 10.5. The quantitative estimate of drug-likeness (QED) is 0.839. The van der Waals surface area contributed by atoms with Crippen LogP contribution in [0.1, 0.15) is 31.1 Å². The van der Waals surface area contributed by atoms with E-state index in [1.807, 2.05) is 6.92 Å². The summed E-state index contributed by atoms with van der Waals surface area (Å²) in [4.78, 5) is 27.2. The molecule has 1 aromatic heterocycles. The molecule has 0 fully saturated rings. The van der Waals surface area contributed by atoms with Crippen LogP contribution in [-0.2, 0) is 0 Å². The van der Waals surface area contributed by atoms with E-state index in [0.717, 1.165) is 6.54 Å². The number of nitrogens with zero attached hydrogens (tertiary/aromatic N) is 1. The average molecular weight is 222 g/mol. The highest BCUT2D eigenvalue weighted by atomic mass is 16.2. The Morgan fingerprint density at radius 1 is 1.44 bits per heavy atom. The molecule has 0 aromatic carbocycles. The molecule has 0 atom stereocenters. The number of nitrogens with one attached hydrogen (secondary N) is 1. The maximum Gasteiger partial charge on any atom is 0.255 e. The summed E-state index contributed by atoms with van der Waals surface area (Å²) in [7, 11) is 0. The zero-order valence-electron chi connectivity index (χ0n) is 9.99. The number of hydrogen-bond acceptors (Lipinski definition) is 2. The lowest BCUT2D eigenvalue weighted by molar-refractivity contribution is 0.0745. The highest BCUT2D eigenvalue weighted by molar-refractivity contribution is 5.93. The number of aromatic amines is 1. The Morgan fingerprint density at radius 3 is 2.56 bits per heavy atom. The average Bonchev–Trinajstić information content (AvgIpc) is 2.25. The fraction of sp³-hybridized carbons (Fsp3) is 0.500. The number of carbonyl (C=O) groups excluding carboxylic acids is 1. The molecule has 1 amide bonds. The molecule has 0 unspecified atom stereocenters. The van der Waals surface area contributed by atoms with Gasteiger partial charge in [-0.05, 0) is 18.9 Å². The van der Waals surface area contributed by atoms with Crippen LogP contribution in [-0.4, -0.2) is 28.9 Å². The second kappa shape index (κ2) is 5.49. The SMILES string of the molecule is CCN(CC(C)C)C(=O)c1ccc(=O)[nH]c1. The number of pyridine rings is 1. The molecule has 0 aliphatic rings. The van der Waals surface area contributed by atoms with Gasteiger partial charge in [-0.3, -0.25) is 9.59 Å². The van der Waals surface area contributed by atoms with Crippen molar-refractivity contribution in [3.63, 3.8) is 0 Å². The second-order valence-corrected chi connectivity index (χ2v) is 4.18. The van der Waals surface area contributed by atoms with Gasteiger partial charge >= 0.3 is 0 Å². The number of hydrogen-bond donors (Lipinski definition) is 1. The molecule has 1 heterocycles. The molecule has 88 valence electrons. The Balaban J connectivity index is 2.82. The first-order chi connectivity index (χ1) is 7.54. The minimum Gasteiger partial charge on any atom is -0.339 e. The van der Waals surface area contributed by atoms with Crippen molar-refractivity contribution >= 4 is 5.91 Å². The molecular formula is C12H18N2O2. The fourth-order valence-corrected chi connectivity index (χ4v) is 1.52. The predicted molar refractivity (Wildman–Crippen MR) is 63.5 cm³/mol. The van der Waals surface area contributed by atoms with E-state index in [4.69, 9.17) is 0 Å². The van der Waals surface area contributed by atoms with Crippen LogP contribution in [0.4, 0.5) is 0 Å². The van der Waals surface area contributed by atoms with Gasteiger partial charge in [0, 0.05) is 25.4 Å². The van der Waals surface area contributed by atoms with Crippen LogP contribution in [0.2, 0.25) is 0 Å². The molecule has 0 radical (unpaired) electrons. The third-order valence-electron chi connectivity index (χ3n) is 2.29. The zero-order chi connectivity index (χ0) is 12.1. The Kier molecular flexibility index (Phi) is 4.28. The Morgan fingerprint density at radius 2 is 2.12 bits per heavy atom. The van der Waals surface area contributed by atoms with E-state index in [-0.39, 0.29) is 11.5 Å². The number of amides is 1. The Bertz CT molecular complexity index is 389. The molecule has 1 aromatic rings. The molecule has 4 heteroatoms. The van der Waals surface area contributed by atoms with Gasteiger partial charge in [0.05, 0.1) is 5.56 Å². The van der Waals surface area contributed by atoms with Gasteiger partial charge in [0.15, 0.2) is 0 Å². The summed E-state index contributed by atoms with van der Waals surface area (Å²) < 4.78 is 0. The summed E-state index contributed by atoms with van der Waals surface area (Å²) in [6, 6.07) is 2.93. The summed E-state index contributed by atoms with van der Waals surface area (Å²) in [6.07, 6.45) is 1.47. The van der Waals surface area contributed by atoms with Crippen LogP contribution in [0, 0.1) is 5.92 Å². The van der Waals surface area contributed by atoms with Crippen LogP contribution in [0.15, 0.2) is 23.1 Å².